The van der Waals surface area contributed by atoms with Crippen LogP contribution in [0.25, 0.3) is 0 Å². The largest absolute Gasteiger partial charge is 0.472 e. The molecule has 0 rings (SSSR count). The Morgan fingerprint density at radius 1 is 0.659 bits per heavy atom. The molecule has 1 N–H and O–H groups in total. The average molecular weight is 609 g/mol. The lowest BCUT2D eigenvalue weighted by atomic mass is 10.0. The topological polar surface area (TPSA) is 91.3 Å². The maximum absolute atomic E-state index is 12.3. The molecule has 0 radical (unpaired) electrons. The summed E-state index contributed by atoms with van der Waals surface area (Å²) in [6.45, 7) is 5.90. The van der Waals surface area contributed by atoms with Crippen molar-refractivity contribution in [2.45, 2.75) is 148 Å². The van der Waals surface area contributed by atoms with Gasteiger partial charge in [0.25, 0.3) is 0 Å². The summed E-state index contributed by atoms with van der Waals surface area (Å²) in [5, 5.41) is 0. The summed E-state index contributed by atoms with van der Waals surface area (Å²) in [6, 6.07) is 0. The SMILES string of the molecule is CCCCCCCCCCCCCCCCOC[C@H](COP(=O)(O)OCCCCCC[N+](C)(C)C)OC(=O)CCC. The predicted molar refractivity (Wildman–Crippen MR) is 169 cm³/mol. The quantitative estimate of drug-likeness (QED) is 0.0365. The standard InChI is InChI=1S/C32H66NO7P/c1-6-8-9-10-11-12-13-14-15-16-17-18-20-23-27-37-29-31(40-32(34)25-7-2)30-39-41(35,36)38-28-24-21-19-22-26-33(3,4)5/h31H,6-30H2,1-5H3/p+1/t31-/m1/s1. The second-order valence-corrected chi connectivity index (χ2v) is 14.0. The van der Waals surface area contributed by atoms with Crippen LogP contribution in [-0.4, -0.2) is 75.6 Å². The highest BCUT2D eigenvalue weighted by Crippen LogP contribution is 2.43. The summed E-state index contributed by atoms with van der Waals surface area (Å²) in [6.07, 6.45) is 22.2. The highest BCUT2D eigenvalue weighted by atomic mass is 31.2. The molecule has 0 aliphatic rings. The Hall–Kier alpha value is -0.500. The first-order valence-corrected chi connectivity index (χ1v) is 18.3. The third-order valence-corrected chi connectivity index (χ3v) is 8.08. The van der Waals surface area contributed by atoms with Crippen molar-refractivity contribution in [1.82, 2.24) is 0 Å². The van der Waals surface area contributed by atoms with Crippen LogP contribution in [0.1, 0.15) is 142 Å². The Morgan fingerprint density at radius 3 is 1.66 bits per heavy atom. The Labute approximate surface area is 253 Å². The van der Waals surface area contributed by atoms with Crippen LogP contribution in [0.4, 0.5) is 0 Å². The van der Waals surface area contributed by atoms with Crippen LogP contribution in [0.5, 0.6) is 0 Å². The molecule has 0 aliphatic carbocycles. The van der Waals surface area contributed by atoms with E-state index in [0.717, 1.165) is 43.1 Å². The fourth-order valence-corrected chi connectivity index (χ4v) is 5.40. The zero-order valence-electron chi connectivity index (χ0n) is 27.5. The van der Waals surface area contributed by atoms with E-state index < -0.39 is 13.9 Å². The van der Waals surface area contributed by atoms with Crippen LogP contribution < -0.4 is 0 Å². The van der Waals surface area contributed by atoms with Gasteiger partial charge in [-0.2, -0.15) is 0 Å². The summed E-state index contributed by atoms with van der Waals surface area (Å²) in [5.74, 6) is -0.358. The molecule has 0 amide bonds. The Kier molecular flexibility index (Phi) is 26.7. The zero-order valence-corrected chi connectivity index (χ0v) is 28.4. The number of nitrogens with zero attached hydrogens (tertiary/aromatic N) is 1. The lowest BCUT2D eigenvalue weighted by Gasteiger charge is -2.23. The van der Waals surface area contributed by atoms with Gasteiger partial charge < -0.3 is 18.9 Å². The number of unbranched alkanes of at least 4 members (excludes halogenated alkanes) is 16. The number of carbonyl (C=O) groups is 1. The van der Waals surface area contributed by atoms with Gasteiger partial charge in [-0.1, -0.05) is 104 Å². The Bertz CT molecular complexity index is 642. The maximum atomic E-state index is 12.3. The molecule has 0 saturated heterocycles. The Balaban J connectivity index is 3.99. The number of esters is 1. The van der Waals surface area contributed by atoms with Crippen molar-refractivity contribution >= 4 is 13.8 Å². The molecule has 41 heavy (non-hydrogen) atoms. The third kappa shape index (κ3) is 30.8. The number of phosphoric ester groups is 1. The minimum atomic E-state index is -4.21. The molecule has 0 heterocycles. The van der Waals surface area contributed by atoms with E-state index in [1.54, 1.807) is 0 Å². The Morgan fingerprint density at radius 2 is 1.15 bits per heavy atom. The van der Waals surface area contributed by atoms with Crippen LogP contribution in [0.2, 0.25) is 0 Å². The summed E-state index contributed by atoms with van der Waals surface area (Å²) >= 11 is 0. The fraction of sp³-hybridized carbons (Fsp3) is 0.969. The number of hydrogen-bond acceptors (Lipinski definition) is 6. The van der Waals surface area contributed by atoms with Crippen LogP contribution in [0.3, 0.4) is 0 Å². The van der Waals surface area contributed by atoms with Gasteiger partial charge in [-0.15, -0.1) is 0 Å². The molecule has 0 fully saturated rings. The number of carbonyl (C=O) groups excluding carboxylic acids is 1. The van der Waals surface area contributed by atoms with Gasteiger partial charge in [-0.3, -0.25) is 13.8 Å². The van der Waals surface area contributed by atoms with E-state index in [1.807, 2.05) is 6.92 Å². The number of rotatable bonds is 31. The summed E-state index contributed by atoms with van der Waals surface area (Å²) in [4.78, 5) is 22.1. The first-order chi connectivity index (χ1) is 19.6. The molecule has 2 atom stereocenters. The van der Waals surface area contributed by atoms with E-state index in [-0.39, 0.29) is 32.2 Å². The first kappa shape index (κ1) is 40.5. The monoisotopic (exact) mass is 608 g/mol. The first-order valence-electron chi connectivity index (χ1n) is 16.8. The van der Waals surface area contributed by atoms with Crippen molar-refractivity contribution in [2.24, 2.45) is 0 Å². The second-order valence-electron chi connectivity index (χ2n) is 12.6. The van der Waals surface area contributed by atoms with Crippen LogP contribution in [0, 0.1) is 0 Å². The zero-order chi connectivity index (χ0) is 30.7. The summed E-state index contributed by atoms with van der Waals surface area (Å²) in [5.41, 5.74) is 0. The smallest absolute Gasteiger partial charge is 0.457 e. The van der Waals surface area contributed by atoms with E-state index in [2.05, 4.69) is 28.1 Å². The third-order valence-electron chi connectivity index (χ3n) is 7.10. The average Bonchev–Trinajstić information content (AvgIpc) is 2.90. The van der Waals surface area contributed by atoms with Crippen LogP contribution in [-0.2, 0) is 27.9 Å². The minimum absolute atomic E-state index is 0.139. The van der Waals surface area contributed by atoms with Gasteiger partial charge >= 0.3 is 13.8 Å². The molecule has 0 saturated carbocycles. The van der Waals surface area contributed by atoms with Crippen molar-refractivity contribution in [3.63, 3.8) is 0 Å². The molecule has 1 unspecified atom stereocenters. The molecule has 8 nitrogen and oxygen atoms in total. The second kappa shape index (κ2) is 27.1. The summed E-state index contributed by atoms with van der Waals surface area (Å²) in [7, 11) is 2.29. The van der Waals surface area contributed by atoms with Crippen molar-refractivity contribution in [3.05, 3.63) is 0 Å². The number of phosphoric acid groups is 1. The number of hydrogen-bond donors (Lipinski definition) is 1. The molecule has 246 valence electrons. The molecular weight excluding hydrogens is 541 g/mol. The predicted octanol–water partition coefficient (Wildman–Crippen LogP) is 8.60. The van der Waals surface area contributed by atoms with Crippen molar-refractivity contribution < 1.29 is 37.3 Å². The highest BCUT2D eigenvalue weighted by molar-refractivity contribution is 7.47. The van der Waals surface area contributed by atoms with E-state index >= 15 is 0 Å². The molecule has 0 aliphatic heterocycles. The normalized spacial score (nSPS) is 14.2. The van der Waals surface area contributed by atoms with Gasteiger partial charge in [0.1, 0.15) is 6.10 Å². The van der Waals surface area contributed by atoms with Gasteiger partial charge in [-0.05, 0) is 32.1 Å². The van der Waals surface area contributed by atoms with Gasteiger partial charge in [0, 0.05) is 13.0 Å². The lowest BCUT2D eigenvalue weighted by molar-refractivity contribution is -0.870. The van der Waals surface area contributed by atoms with Gasteiger partial charge in [-0.25, -0.2) is 4.57 Å². The molecule has 0 aromatic rings. The summed E-state index contributed by atoms with van der Waals surface area (Å²) < 4.78 is 34.7. The maximum Gasteiger partial charge on any atom is 0.472 e. The van der Waals surface area contributed by atoms with Crippen LogP contribution in [0.15, 0.2) is 0 Å². The van der Waals surface area contributed by atoms with Gasteiger partial charge in [0.2, 0.25) is 0 Å². The van der Waals surface area contributed by atoms with E-state index in [9.17, 15) is 14.3 Å². The minimum Gasteiger partial charge on any atom is -0.457 e. The van der Waals surface area contributed by atoms with Crippen molar-refractivity contribution in [1.29, 1.82) is 0 Å². The molecule has 9 heteroatoms. The molecule has 0 aromatic heterocycles. The lowest BCUT2D eigenvalue weighted by Crippen LogP contribution is -2.35. The van der Waals surface area contributed by atoms with Gasteiger partial charge in [0.05, 0.1) is 47.5 Å². The number of quaternary nitrogens is 1. The molecule has 0 spiro atoms. The molecular formula is C32H67NO7P+. The van der Waals surface area contributed by atoms with E-state index in [4.69, 9.17) is 18.5 Å². The van der Waals surface area contributed by atoms with Crippen LogP contribution >= 0.6 is 7.82 Å². The highest BCUT2D eigenvalue weighted by Gasteiger charge is 2.25. The fourth-order valence-electron chi connectivity index (χ4n) is 4.61. The molecule has 0 aromatic carbocycles. The number of ether oxygens (including phenoxy) is 2. The van der Waals surface area contributed by atoms with Crippen molar-refractivity contribution in [3.8, 4) is 0 Å². The van der Waals surface area contributed by atoms with E-state index in [1.165, 1.54) is 77.0 Å². The van der Waals surface area contributed by atoms with Gasteiger partial charge in [0.15, 0.2) is 0 Å². The van der Waals surface area contributed by atoms with Crippen molar-refractivity contribution in [2.75, 3.05) is 54.1 Å². The van der Waals surface area contributed by atoms with E-state index in [0.29, 0.717) is 19.4 Å². The molecule has 0 bridgehead atoms.